The monoisotopic (exact) mass is 631 g/mol. The molecule has 0 N–H and O–H groups in total. The fraction of sp³-hybridized carbons (Fsp3) is 0.0227. The molecule has 0 bridgehead atoms. The van der Waals surface area contributed by atoms with Gasteiger partial charge in [0.2, 0.25) is 0 Å². The minimum absolute atomic E-state index is 0.346. The van der Waals surface area contributed by atoms with E-state index in [1.54, 1.807) is 0 Å². The van der Waals surface area contributed by atoms with Gasteiger partial charge in [-0.1, -0.05) is 97.1 Å². The van der Waals surface area contributed by atoms with Crippen LogP contribution in [0.3, 0.4) is 0 Å². The van der Waals surface area contributed by atoms with Crippen molar-refractivity contribution in [3.63, 3.8) is 0 Å². The average Bonchev–Trinajstić information content (AvgIpc) is 3.60. The third-order valence-corrected chi connectivity index (χ3v) is 12.4. The van der Waals surface area contributed by atoms with Crippen LogP contribution in [0.5, 0.6) is 0 Å². The molecule has 9 aromatic rings. The molecule has 0 spiro atoms. The Hall–Kier alpha value is -5.35. The molecule has 1 nitrogen and oxygen atoms in total. The Balaban J connectivity index is 1.05. The molecule has 47 heavy (non-hydrogen) atoms. The van der Waals surface area contributed by atoms with E-state index in [0.717, 1.165) is 22.5 Å². The van der Waals surface area contributed by atoms with Crippen molar-refractivity contribution in [2.24, 2.45) is 0 Å². The van der Waals surface area contributed by atoms with Crippen LogP contribution < -0.4 is 0 Å². The predicted molar refractivity (Wildman–Crippen MR) is 202 cm³/mol. The Morgan fingerprint density at radius 1 is 0.404 bits per heavy atom. The molecule has 1 unspecified atom stereocenters. The molecule has 0 aliphatic heterocycles. The van der Waals surface area contributed by atoms with Crippen LogP contribution in [0.1, 0.15) is 22.6 Å². The maximum absolute atomic E-state index is 5.23. The minimum Gasteiger partial charge on any atom is -0.248 e. The molecule has 218 valence electrons. The molecule has 3 heterocycles. The van der Waals surface area contributed by atoms with Crippen LogP contribution >= 0.6 is 22.7 Å². The maximum Gasteiger partial charge on any atom is 0.0709 e. The number of allylic oxidation sites excluding steroid dienone is 2. The molecule has 0 saturated heterocycles. The topological polar surface area (TPSA) is 12.9 Å². The molecule has 6 aromatic carbocycles. The SMILES string of the molecule is c1cc(-c2ccc3c(c2)-c2ccccc2C2C3=C2c2cccc3sc4ccccc4c23)nc(-c2ccc3sc4ccccc4c3c2)c1. The fourth-order valence-electron chi connectivity index (χ4n) is 7.93. The molecule has 1 atom stereocenters. The van der Waals surface area contributed by atoms with E-state index in [4.69, 9.17) is 4.98 Å². The molecule has 2 aliphatic carbocycles. The van der Waals surface area contributed by atoms with E-state index < -0.39 is 0 Å². The van der Waals surface area contributed by atoms with Crippen molar-refractivity contribution in [1.29, 1.82) is 0 Å². The van der Waals surface area contributed by atoms with Crippen molar-refractivity contribution in [3.05, 3.63) is 162 Å². The molecule has 2 aliphatic rings. The van der Waals surface area contributed by atoms with Crippen molar-refractivity contribution in [2.45, 2.75) is 5.92 Å². The molecule has 3 heteroatoms. The van der Waals surface area contributed by atoms with Gasteiger partial charge in [-0.3, -0.25) is 0 Å². The van der Waals surface area contributed by atoms with Gasteiger partial charge in [0.25, 0.3) is 0 Å². The van der Waals surface area contributed by atoms with Gasteiger partial charge in [0.15, 0.2) is 0 Å². The number of fused-ring (bicyclic) bond motifs is 12. The number of nitrogens with zero attached hydrogens (tertiary/aromatic N) is 1. The standard InChI is InChI=1S/C44H25NS2/c1-2-11-29-27(9-1)33-23-25(35-14-8-15-36(45-35)26-20-22-39-34(24-26)28-10-3-5-16-37(28)46-39)19-21-30(33)43-42(29)44(43)32-13-7-18-40-41(32)31-12-4-6-17-38(31)47-40/h1-24,42H. The highest BCUT2D eigenvalue weighted by Gasteiger charge is 2.45. The van der Waals surface area contributed by atoms with E-state index in [1.165, 1.54) is 79.3 Å². The molecule has 3 aromatic heterocycles. The number of hydrogen-bond donors (Lipinski definition) is 0. The molecule has 0 radical (unpaired) electrons. The van der Waals surface area contributed by atoms with E-state index in [2.05, 4.69) is 146 Å². The van der Waals surface area contributed by atoms with Crippen LogP contribution in [0.25, 0.3) is 85.1 Å². The Kier molecular flexibility index (Phi) is 5.26. The zero-order valence-corrected chi connectivity index (χ0v) is 26.8. The Morgan fingerprint density at radius 2 is 1.02 bits per heavy atom. The lowest BCUT2D eigenvalue weighted by atomic mass is 9.83. The van der Waals surface area contributed by atoms with E-state index in [9.17, 15) is 0 Å². The second kappa shape index (κ2) is 9.59. The molecule has 11 rings (SSSR count). The van der Waals surface area contributed by atoms with Gasteiger partial charge in [0.1, 0.15) is 0 Å². The molecule has 0 saturated carbocycles. The Morgan fingerprint density at radius 3 is 1.91 bits per heavy atom. The minimum atomic E-state index is 0.346. The van der Waals surface area contributed by atoms with Crippen LogP contribution in [0, 0.1) is 0 Å². The van der Waals surface area contributed by atoms with Gasteiger partial charge in [-0.15, -0.1) is 22.7 Å². The second-order valence-corrected chi connectivity index (χ2v) is 14.8. The molecular weight excluding hydrogens is 607 g/mol. The first-order chi connectivity index (χ1) is 23.3. The summed E-state index contributed by atoms with van der Waals surface area (Å²) in [5.74, 6) is 0.346. The van der Waals surface area contributed by atoms with Gasteiger partial charge in [-0.2, -0.15) is 0 Å². The largest absolute Gasteiger partial charge is 0.248 e. The summed E-state index contributed by atoms with van der Waals surface area (Å²) < 4.78 is 5.36. The first kappa shape index (κ1) is 25.8. The molecule has 0 fully saturated rings. The van der Waals surface area contributed by atoms with E-state index in [1.807, 2.05) is 22.7 Å². The van der Waals surface area contributed by atoms with Crippen molar-refractivity contribution in [3.8, 4) is 33.6 Å². The number of rotatable bonds is 3. The summed E-state index contributed by atoms with van der Waals surface area (Å²) in [6, 6.07) is 53.6. The number of aromatic nitrogens is 1. The Bertz CT molecular complexity index is 2810. The molecular formula is C44H25NS2. The fourth-order valence-corrected chi connectivity index (χ4v) is 10.1. The van der Waals surface area contributed by atoms with Gasteiger partial charge < -0.3 is 0 Å². The summed E-state index contributed by atoms with van der Waals surface area (Å²) in [6.07, 6.45) is 0. The van der Waals surface area contributed by atoms with Crippen LogP contribution in [0.2, 0.25) is 0 Å². The number of thiophene rings is 2. The summed E-state index contributed by atoms with van der Waals surface area (Å²) in [5, 5.41) is 5.38. The first-order valence-electron chi connectivity index (χ1n) is 16.1. The second-order valence-electron chi connectivity index (χ2n) is 12.6. The average molecular weight is 632 g/mol. The predicted octanol–water partition coefficient (Wildman–Crippen LogP) is 12.8. The smallest absolute Gasteiger partial charge is 0.0709 e. The van der Waals surface area contributed by atoms with E-state index >= 15 is 0 Å². The third-order valence-electron chi connectivity index (χ3n) is 10.1. The highest BCUT2D eigenvalue weighted by Crippen LogP contribution is 2.66. The molecule has 0 amide bonds. The van der Waals surface area contributed by atoms with Crippen LogP contribution in [0.15, 0.2) is 146 Å². The highest BCUT2D eigenvalue weighted by atomic mass is 32.1. The summed E-state index contributed by atoms with van der Waals surface area (Å²) in [4.78, 5) is 5.23. The lowest BCUT2D eigenvalue weighted by Gasteiger charge is -2.20. The van der Waals surface area contributed by atoms with E-state index in [0.29, 0.717) is 5.92 Å². The van der Waals surface area contributed by atoms with Gasteiger partial charge >= 0.3 is 0 Å². The quantitative estimate of drug-likeness (QED) is 0.189. The normalized spacial score (nSPS) is 14.9. The van der Waals surface area contributed by atoms with Crippen LogP contribution in [0.4, 0.5) is 0 Å². The van der Waals surface area contributed by atoms with Crippen LogP contribution in [-0.4, -0.2) is 4.98 Å². The van der Waals surface area contributed by atoms with Crippen molar-refractivity contribution in [2.75, 3.05) is 0 Å². The number of hydrogen-bond acceptors (Lipinski definition) is 3. The highest BCUT2D eigenvalue weighted by molar-refractivity contribution is 7.26. The maximum atomic E-state index is 5.23. The van der Waals surface area contributed by atoms with Crippen molar-refractivity contribution >= 4 is 74.2 Å². The number of pyridine rings is 1. The first-order valence-corrected chi connectivity index (χ1v) is 17.7. The van der Waals surface area contributed by atoms with Gasteiger partial charge in [0.05, 0.1) is 11.4 Å². The van der Waals surface area contributed by atoms with Gasteiger partial charge in [0, 0.05) is 57.4 Å². The summed E-state index contributed by atoms with van der Waals surface area (Å²) in [5.41, 5.74) is 14.1. The Labute approximate surface area is 279 Å². The summed E-state index contributed by atoms with van der Waals surface area (Å²) in [6.45, 7) is 0. The lowest BCUT2D eigenvalue weighted by molar-refractivity contribution is 1.23. The third kappa shape index (κ3) is 3.73. The van der Waals surface area contributed by atoms with E-state index in [-0.39, 0.29) is 0 Å². The van der Waals surface area contributed by atoms with Crippen LogP contribution in [-0.2, 0) is 0 Å². The van der Waals surface area contributed by atoms with Crippen molar-refractivity contribution < 1.29 is 0 Å². The van der Waals surface area contributed by atoms with Gasteiger partial charge in [-0.05, 0) is 87.5 Å². The zero-order chi connectivity index (χ0) is 30.6. The number of benzene rings is 6. The summed E-state index contributed by atoms with van der Waals surface area (Å²) in [7, 11) is 0. The van der Waals surface area contributed by atoms with Crippen molar-refractivity contribution in [1.82, 2.24) is 4.98 Å². The summed E-state index contributed by atoms with van der Waals surface area (Å²) >= 11 is 3.75. The zero-order valence-electron chi connectivity index (χ0n) is 25.2. The lowest BCUT2D eigenvalue weighted by Crippen LogP contribution is -1.99. The van der Waals surface area contributed by atoms with Gasteiger partial charge in [-0.25, -0.2) is 4.98 Å².